The quantitative estimate of drug-likeness (QED) is 0.721. The number of hydrogen-bond donors (Lipinski definition) is 1. The van der Waals surface area contributed by atoms with E-state index < -0.39 is 0 Å². The molecule has 1 aromatic heterocycles. The summed E-state index contributed by atoms with van der Waals surface area (Å²) in [7, 11) is 0. The Labute approximate surface area is 120 Å². The van der Waals surface area contributed by atoms with E-state index in [1.165, 1.54) is 6.07 Å². The summed E-state index contributed by atoms with van der Waals surface area (Å²) in [6.07, 6.45) is 0. The van der Waals surface area contributed by atoms with Crippen LogP contribution in [0.3, 0.4) is 0 Å². The maximum atomic E-state index is 14.0. The van der Waals surface area contributed by atoms with Crippen molar-refractivity contribution >= 4 is 12.2 Å². The molecule has 0 saturated carbocycles. The molecular weight excluding hydrogens is 273 g/mol. The van der Waals surface area contributed by atoms with Gasteiger partial charge in [0.05, 0.1) is 11.3 Å². The van der Waals surface area contributed by atoms with Crippen LogP contribution >= 0.6 is 12.2 Å². The molecule has 3 aromatic rings. The van der Waals surface area contributed by atoms with Crippen LogP contribution in [0.25, 0.3) is 17.1 Å². The molecule has 0 saturated heterocycles. The van der Waals surface area contributed by atoms with Crippen LogP contribution in [0.2, 0.25) is 0 Å². The van der Waals surface area contributed by atoms with E-state index in [-0.39, 0.29) is 5.82 Å². The lowest BCUT2D eigenvalue weighted by Gasteiger charge is -2.08. The lowest BCUT2D eigenvalue weighted by Crippen LogP contribution is -1.99. The zero-order chi connectivity index (χ0) is 14.1. The van der Waals surface area contributed by atoms with Crippen molar-refractivity contribution in [3.63, 3.8) is 0 Å². The number of halogens is 1. The van der Waals surface area contributed by atoms with E-state index in [1.54, 1.807) is 22.8 Å². The summed E-state index contributed by atoms with van der Waals surface area (Å²) in [4.78, 5) is 0. The number of aromatic amines is 1. The monoisotopic (exact) mass is 285 g/mol. The van der Waals surface area contributed by atoms with Crippen LogP contribution < -0.4 is 0 Å². The SMILES string of the molecule is Cc1cccc(-n2c(-c3ccccc3F)n[nH]c2=S)c1. The van der Waals surface area contributed by atoms with Gasteiger partial charge < -0.3 is 0 Å². The Balaban J connectivity index is 2.26. The highest BCUT2D eigenvalue weighted by molar-refractivity contribution is 7.71. The van der Waals surface area contributed by atoms with Crippen molar-refractivity contribution in [2.24, 2.45) is 0 Å². The molecule has 3 rings (SSSR count). The predicted octanol–water partition coefficient (Wildman–Crippen LogP) is 4.04. The Bertz CT molecular complexity index is 820. The third-order valence-electron chi connectivity index (χ3n) is 3.05. The van der Waals surface area contributed by atoms with Crippen LogP contribution in [-0.2, 0) is 0 Å². The molecule has 0 aliphatic carbocycles. The summed E-state index contributed by atoms with van der Waals surface area (Å²) < 4.78 is 16.1. The van der Waals surface area contributed by atoms with E-state index in [2.05, 4.69) is 10.2 Å². The summed E-state index contributed by atoms with van der Waals surface area (Å²) in [5.74, 6) is 0.147. The van der Waals surface area contributed by atoms with Gasteiger partial charge in [0.25, 0.3) is 0 Å². The Hall–Kier alpha value is -2.27. The number of aromatic nitrogens is 3. The van der Waals surface area contributed by atoms with Crippen molar-refractivity contribution < 1.29 is 4.39 Å². The molecule has 0 unspecified atom stereocenters. The van der Waals surface area contributed by atoms with Crippen molar-refractivity contribution in [2.45, 2.75) is 6.92 Å². The van der Waals surface area contributed by atoms with E-state index in [0.29, 0.717) is 16.2 Å². The van der Waals surface area contributed by atoms with Crippen LogP contribution in [0, 0.1) is 17.5 Å². The molecule has 0 fully saturated rings. The summed E-state index contributed by atoms with van der Waals surface area (Å²) in [5.41, 5.74) is 2.38. The second-order valence-corrected chi connectivity index (χ2v) is 4.89. The van der Waals surface area contributed by atoms with Gasteiger partial charge in [-0.25, -0.2) is 4.39 Å². The third-order valence-corrected chi connectivity index (χ3v) is 3.32. The van der Waals surface area contributed by atoms with Crippen molar-refractivity contribution in [2.75, 3.05) is 0 Å². The lowest BCUT2D eigenvalue weighted by atomic mass is 10.2. The van der Waals surface area contributed by atoms with Gasteiger partial charge in [-0.3, -0.25) is 9.67 Å². The standard InChI is InChI=1S/C15H12FN3S/c1-10-5-4-6-11(9-10)19-14(17-18-15(19)20)12-7-2-3-8-13(12)16/h2-9H,1H3,(H,18,20). The molecule has 2 aromatic carbocycles. The zero-order valence-electron chi connectivity index (χ0n) is 10.8. The Morgan fingerprint density at radius 3 is 2.70 bits per heavy atom. The Morgan fingerprint density at radius 1 is 1.15 bits per heavy atom. The number of benzene rings is 2. The van der Waals surface area contributed by atoms with Gasteiger partial charge in [-0.05, 0) is 49.0 Å². The molecule has 0 aliphatic heterocycles. The molecule has 1 heterocycles. The highest BCUT2D eigenvalue weighted by atomic mass is 32.1. The topological polar surface area (TPSA) is 33.6 Å². The van der Waals surface area contributed by atoms with Crippen LogP contribution in [0.5, 0.6) is 0 Å². The average molecular weight is 285 g/mol. The number of aryl methyl sites for hydroxylation is 1. The molecule has 5 heteroatoms. The predicted molar refractivity (Wildman–Crippen MR) is 78.9 cm³/mol. The number of nitrogens with zero attached hydrogens (tertiary/aromatic N) is 2. The van der Waals surface area contributed by atoms with Crippen LogP contribution in [0.4, 0.5) is 4.39 Å². The first-order chi connectivity index (χ1) is 9.66. The minimum Gasteiger partial charge on any atom is -0.268 e. The summed E-state index contributed by atoms with van der Waals surface area (Å²) in [6.45, 7) is 2.00. The number of rotatable bonds is 2. The van der Waals surface area contributed by atoms with Gasteiger partial charge in [-0.15, -0.1) is 0 Å². The van der Waals surface area contributed by atoms with Crippen molar-refractivity contribution in [3.05, 3.63) is 64.7 Å². The first-order valence-corrected chi connectivity index (χ1v) is 6.57. The van der Waals surface area contributed by atoms with Gasteiger partial charge in [0.2, 0.25) is 0 Å². The molecule has 3 nitrogen and oxygen atoms in total. The van der Waals surface area contributed by atoms with E-state index >= 15 is 0 Å². The minimum atomic E-state index is -0.324. The van der Waals surface area contributed by atoms with Crippen molar-refractivity contribution in [3.8, 4) is 17.1 Å². The maximum Gasteiger partial charge on any atom is 0.200 e. The molecule has 0 aliphatic rings. The molecule has 1 N–H and O–H groups in total. The van der Waals surface area contributed by atoms with E-state index in [9.17, 15) is 4.39 Å². The number of hydrogen-bond acceptors (Lipinski definition) is 2. The van der Waals surface area contributed by atoms with E-state index in [4.69, 9.17) is 12.2 Å². The normalized spacial score (nSPS) is 10.7. The highest BCUT2D eigenvalue weighted by Crippen LogP contribution is 2.24. The maximum absolute atomic E-state index is 14.0. The smallest absolute Gasteiger partial charge is 0.200 e. The van der Waals surface area contributed by atoms with Gasteiger partial charge in [0.1, 0.15) is 5.82 Å². The average Bonchev–Trinajstić information content (AvgIpc) is 2.81. The zero-order valence-corrected chi connectivity index (χ0v) is 11.6. The van der Waals surface area contributed by atoms with Gasteiger partial charge in [0, 0.05) is 0 Å². The van der Waals surface area contributed by atoms with Crippen LogP contribution in [0.1, 0.15) is 5.56 Å². The second kappa shape index (κ2) is 5.02. The fourth-order valence-corrected chi connectivity index (χ4v) is 2.36. The Morgan fingerprint density at radius 2 is 1.95 bits per heavy atom. The summed E-state index contributed by atoms with van der Waals surface area (Å²) in [6, 6.07) is 14.4. The molecule has 0 amide bonds. The second-order valence-electron chi connectivity index (χ2n) is 4.51. The summed E-state index contributed by atoms with van der Waals surface area (Å²) in [5, 5.41) is 6.89. The van der Waals surface area contributed by atoms with E-state index in [1.807, 2.05) is 31.2 Å². The van der Waals surface area contributed by atoms with Gasteiger partial charge in [-0.1, -0.05) is 24.3 Å². The third kappa shape index (κ3) is 2.16. The van der Waals surface area contributed by atoms with Gasteiger partial charge in [-0.2, -0.15) is 5.10 Å². The molecule has 0 bridgehead atoms. The molecule has 0 atom stereocenters. The van der Waals surface area contributed by atoms with E-state index in [0.717, 1.165) is 11.3 Å². The van der Waals surface area contributed by atoms with Crippen molar-refractivity contribution in [1.29, 1.82) is 0 Å². The molecule has 0 radical (unpaired) electrons. The molecule has 20 heavy (non-hydrogen) atoms. The van der Waals surface area contributed by atoms with Gasteiger partial charge >= 0.3 is 0 Å². The van der Waals surface area contributed by atoms with Crippen molar-refractivity contribution in [1.82, 2.24) is 14.8 Å². The fourth-order valence-electron chi connectivity index (χ4n) is 2.13. The molecule has 0 spiro atoms. The first-order valence-electron chi connectivity index (χ1n) is 6.16. The highest BCUT2D eigenvalue weighted by Gasteiger charge is 2.14. The van der Waals surface area contributed by atoms with Gasteiger partial charge in [0.15, 0.2) is 10.6 Å². The molecular formula is C15H12FN3S. The van der Waals surface area contributed by atoms with Crippen LogP contribution in [0.15, 0.2) is 48.5 Å². The molecule has 100 valence electrons. The number of H-pyrrole nitrogens is 1. The number of nitrogens with one attached hydrogen (secondary N) is 1. The lowest BCUT2D eigenvalue weighted by molar-refractivity contribution is 0.629. The Kier molecular flexibility index (Phi) is 3.20. The first kappa shape index (κ1) is 12.7. The fraction of sp³-hybridized carbons (Fsp3) is 0.0667. The minimum absolute atomic E-state index is 0.324. The largest absolute Gasteiger partial charge is 0.268 e. The summed E-state index contributed by atoms with van der Waals surface area (Å²) >= 11 is 5.26. The van der Waals surface area contributed by atoms with Crippen LogP contribution in [-0.4, -0.2) is 14.8 Å².